The summed E-state index contributed by atoms with van der Waals surface area (Å²) >= 11 is 6.06. The van der Waals surface area contributed by atoms with Gasteiger partial charge in [0.2, 0.25) is 10.0 Å². The highest BCUT2D eigenvalue weighted by molar-refractivity contribution is 7.89. The van der Waals surface area contributed by atoms with E-state index in [0.717, 1.165) is 18.7 Å². The molecule has 0 amide bonds. The molecule has 182 valence electrons. The molecule has 4 aromatic rings. The number of hydrogen-bond donors (Lipinski definition) is 2. The first-order valence-corrected chi connectivity index (χ1v) is 12.8. The molecule has 0 bridgehead atoms. The summed E-state index contributed by atoms with van der Waals surface area (Å²) < 4.78 is 55.8. The number of fused-ring (bicyclic) bond motifs is 1. The standard InChI is InChI=1S/C23H21ClF2N6O2S/c24-15-8-16-17(11-29-21(16)28-10-15)22-30-12-19(26)23(31-22)27-9-14-4-3-7-32(13-14)35(33,34)20-6-2-1-5-18(20)25/h1-2,5-6,8,10-12,14H,3-4,7,9,13H2,(H,28,29)(H,27,30,31)/t14-/m1/s1. The molecule has 1 aliphatic rings. The predicted molar refractivity (Wildman–Crippen MR) is 128 cm³/mol. The highest BCUT2D eigenvalue weighted by Gasteiger charge is 2.32. The van der Waals surface area contributed by atoms with Crippen LogP contribution < -0.4 is 5.32 Å². The maximum atomic E-state index is 14.5. The van der Waals surface area contributed by atoms with E-state index in [1.165, 1.54) is 28.7 Å². The minimum atomic E-state index is -3.97. The fraction of sp³-hybridized carbons (Fsp3) is 0.261. The average molecular weight is 519 g/mol. The van der Waals surface area contributed by atoms with E-state index < -0.39 is 21.7 Å². The van der Waals surface area contributed by atoms with Gasteiger partial charge in [0.25, 0.3) is 0 Å². The predicted octanol–water partition coefficient (Wildman–Crippen LogP) is 4.46. The van der Waals surface area contributed by atoms with Gasteiger partial charge in [-0.2, -0.15) is 4.31 Å². The zero-order chi connectivity index (χ0) is 24.6. The van der Waals surface area contributed by atoms with Crippen LogP contribution in [0.25, 0.3) is 22.4 Å². The van der Waals surface area contributed by atoms with E-state index in [4.69, 9.17) is 11.6 Å². The molecule has 0 aliphatic carbocycles. The summed E-state index contributed by atoms with van der Waals surface area (Å²) in [6.07, 6.45) is 5.63. The van der Waals surface area contributed by atoms with Crippen LogP contribution in [0, 0.1) is 17.6 Å². The van der Waals surface area contributed by atoms with Crippen LogP contribution in [0.2, 0.25) is 5.02 Å². The van der Waals surface area contributed by atoms with E-state index in [1.54, 1.807) is 12.3 Å². The molecule has 1 aliphatic heterocycles. The molecule has 0 spiro atoms. The van der Waals surface area contributed by atoms with Crippen molar-refractivity contribution >= 4 is 38.5 Å². The first-order valence-electron chi connectivity index (χ1n) is 11.0. The highest BCUT2D eigenvalue weighted by atomic mass is 35.5. The fourth-order valence-electron chi connectivity index (χ4n) is 4.23. The summed E-state index contributed by atoms with van der Waals surface area (Å²) in [7, 11) is -3.97. The number of rotatable bonds is 6. The number of benzene rings is 1. The van der Waals surface area contributed by atoms with Gasteiger partial charge in [0, 0.05) is 43.0 Å². The lowest BCUT2D eigenvalue weighted by molar-refractivity contribution is 0.274. The molecule has 0 saturated carbocycles. The molecule has 5 rings (SSSR count). The second kappa shape index (κ2) is 9.48. The number of sulfonamides is 1. The quantitative estimate of drug-likeness (QED) is 0.390. The topological polar surface area (TPSA) is 104 Å². The summed E-state index contributed by atoms with van der Waals surface area (Å²) in [4.78, 5) is 15.3. The van der Waals surface area contributed by atoms with Crippen LogP contribution in [0.1, 0.15) is 12.8 Å². The van der Waals surface area contributed by atoms with Gasteiger partial charge in [0.05, 0.1) is 11.2 Å². The van der Waals surface area contributed by atoms with Crippen molar-refractivity contribution in [1.29, 1.82) is 0 Å². The SMILES string of the molecule is O=S(=O)(c1ccccc1F)N1CCC[C@H](CNc2nc(-c3c[nH]c4ncc(Cl)cc34)ncc2F)C1. The van der Waals surface area contributed by atoms with E-state index in [-0.39, 0.29) is 35.5 Å². The lowest BCUT2D eigenvalue weighted by Crippen LogP contribution is -2.42. The third-order valence-electron chi connectivity index (χ3n) is 5.98. The minimum absolute atomic E-state index is 0.00780. The zero-order valence-electron chi connectivity index (χ0n) is 18.4. The normalized spacial score (nSPS) is 17.1. The van der Waals surface area contributed by atoms with Gasteiger partial charge in [-0.1, -0.05) is 23.7 Å². The number of piperidine rings is 1. The van der Waals surface area contributed by atoms with E-state index in [9.17, 15) is 17.2 Å². The van der Waals surface area contributed by atoms with Gasteiger partial charge in [-0.25, -0.2) is 32.2 Å². The average Bonchev–Trinajstić information content (AvgIpc) is 3.27. The molecule has 35 heavy (non-hydrogen) atoms. The molecule has 2 N–H and O–H groups in total. The number of aromatic amines is 1. The van der Waals surface area contributed by atoms with Crippen LogP contribution in [0.5, 0.6) is 0 Å². The molecular weight excluding hydrogens is 498 g/mol. The Morgan fingerprint density at radius 2 is 2.00 bits per heavy atom. The van der Waals surface area contributed by atoms with E-state index >= 15 is 0 Å². The summed E-state index contributed by atoms with van der Waals surface area (Å²) in [6, 6.07) is 7.05. The lowest BCUT2D eigenvalue weighted by Gasteiger charge is -2.32. The number of pyridine rings is 1. The lowest BCUT2D eigenvalue weighted by atomic mass is 10.00. The summed E-state index contributed by atoms with van der Waals surface area (Å²) in [5.41, 5.74) is 1.23. The Balaban J connectivity index is 1.32. The summed E-state index contributed by atoms with van der Waals surface area (Å²) in [5, 5.41) is 4.15. The molecule has 12 heteroatoms. The Hall–Kier alpha value is -3.15. The van der Waals surface area contributed by atoms with Crippen molar-refractivity contribution in [2.24, 2.45) is 5.92 Å². The van der Waals surface area contributed by atoms with Gasteiger partial charge in [-0.3, -0.25) is 0 Å². The molecule has 3 aromatic heterocycles. The number of nitrogens with zero attached hydrogens (tertiary/aromatic N) is 4. The van der Waals surface area contributed by atoms with Gasteiger partial charge in [0.1, 0.15) is 16.4 Å². The number of anilines is 1. The zero-order valence-corrected chi connectivity index (χ0v) is 20.0. The monoisotopic (exact) mass is 518 g/mol. The number of aromatic nitrogens is 4. The van der Waals surface area contributed by atoms with Crippen LogP contribution in [0.3, 0.4) is 0 Å². The molecule has 0 radical (unpaired) electrons. The molecule has 1 aromatic carbocycles. The van der Waals surface area contributed by atoms with Crippen molar-refractivity contribution in [3.8, 4) is 11.4 Å². The van der Waals surface area contributed by atoms with Crippen molar-refractivity contribution in [3.05, 3.63) is 65.6 Å². The molecular formula is C23H21ClF2N6O2S. The Bertz CT molecular complexity index is 1500. The maximum absolute atomic E-state index is 14.5. The van der Waals surface area contributed by atoms with Gasteiger partial charge < -0.3 is 10.3 Å². The van der Waals surface area contributed by atoms with Crippen molar-refractivity contribution in [1.82, 2.24) is 24.2 Å². The Morgan fingerprint density at radius 1 is 1.17 bits per heavy atom. The van der Waals surface area contributed by atoms with Crippen LogP contribution in [-0.2, 0) is 10.0 Å². The van der Waals surface area contributed by atoms with Gasteiger partial charge in [0.15, 0.2) is 17.5 Å². The van der Waals surface area contributed by atoms with Gasteiger partial charge in [-0.05, 0) is 37.0 Å². The van der Waals surface area contributed by atoms with E-state index in [1.807, 2.05) is 0 Å². The van der Waals surface area contributed by atoms with Crippen molar-refractivity contribution in [3.63, 3.8) is 0 Å². The maximum Gasteiger partial charge on any atom is 0.245 e. The fourth-order valence-corrected chi connectivity index (χ4v) is 6.01. The van der Waals surface area contributed by atoms with Crippen LogP contribution in [0.4, 0.5) is 14.6 Å². The molecule has 0 unspecified atom stereocenters. The van der Waals surface area contributed by atoms with Gasteiger partial charge >= 0.3 is 0 Å². The van der Waals surface area contributed by atoms with E-state index in [0.29, 0.717) is 34.6 Å². The highest BCUT2D eigenvalue weighted by Crippen LogP contribution is 2.29. The Morgan fingerprint density at radius 3 is 2.83 bits per heavy atom. The van der Waals surface area contributed by atoms with Crippen molar-refractivity contribution in [2.45, 2.75) is 17.7 Å². The Kier molecular flexibility index (Phi) is 6.39. The Labute approximate surface area is 205 Å². The molecule has 1 atom stereocenters. The summed E-state index contributed by atoms with van der Waals surface area (Å²) in [5.74, 6) is -1.22. The smallest absolute Gasteiger partial charge is 0.245 e. The first-order chi connectivity index (χ1) is 16.8. The minimum Gasteiger partial charge on any atom is -0.367 e. The molecule has 4 heterocycles. The molecule has 1 saturated heterocycles. The van der Waals surface area contributed by atoms with Crippen LogP contribution >= 0.6 is 11.6 Å². The van der Waals surface area contributed by atoms with Crippen LogP contribution in [-0.4, -0.2) is 52.3 Å². The molecule has 8 nitrogen and oxygen atoms in total. The number of nitrogens with one attached hydrogen (secondary N) is 2. The second-order valence-corrected chi connectivity index (χ2v) is 10.7. The third kappa shape index (κ3) is 4.71. The first kappa shape index (κ1) is 23.6. The van der Waals surface area contributed by atoms with E-state index in [2.05, 4.69) is 25.3 Å². The van der Waals surface area contributed by atoms with Gasteiger partial charge in [-0.15, -0.1) is 0 Å². The van der Waals surface area contributed by atoms with Crippen LogP contribution in [0.15, 0.2) is 53.8 Å². The largest absolute Gasteiger partial charge is 0.367 e. The number of halogens is 3. The van der Waals surface area contributed by atoms with Crippen molar-refractivity contribution < 1.29 is 17.2 Å². The number of hydrogen-bond acceptors (Lipinski definition) is 6. The third-order valence-corrected chi connectivity index (χ3v) is 8.08. The summed E-state index contributed by atoms with van der Waals surface area (Å²) in [6.45, 7) is 0.782. The van der Waals surface area contributed by atoms with Crippen molar-refractivity contribution in [2.75, 3.05) is 25.0 Å². The number of H-pyrrole nitrogens is 1. The molecule has 1 fully saturated rings. The second-order valence-electron chi connectivity index (χ2n) is 8.32.